The van der Waals surface area contributed by atoms with Crippen LogP contribution in [0, 0.1) is 11.7 Å². The monoisotopic (exact) mass is 563 g/mol. The first-order chi connectivity index (χ1) is 18.1. The third-order valence-corrected chi connectivity index (χ3v) is 8.60. The summed E-state index contributed by atoms with van der Waals surface area (Å²) >= 11 is 12.4. The quantitative estimate of drug-likeness (QED) is 0.480. The van der Waals surface area contributed by atoms with Gasteiger partial charge in [0.2, 0.25) is 11.8 Å². The Morgan fingerprint density at radius 2 is 1.68 bits per heavy atom. The standard InChI is InChI=1S/C29H36Cl2FN3O3/c1-21(36)34-15-9-23(10-16-34)28(37)35(25-7-8-26(30)27(31)19-25)14-2-13-33-17-11-29(38,12-18-33)20-22-3-5-24(32)6-4-22/h3-8,19,23,38H,2,9-18,20H2,1H3. The molecule has 2 amide bonds. The molecule has 2 fully saturated rings. The molecule has 38 heavy (non-hydrogen) atoms. The summed E-state index contributed by atoms with van der Waals surface area (Å²) < 4.78 is 13.2. The van der Waals surface area contributed by atoms with Crippen LogP contribution in [0.1, 0.15) is 44.6 Å². The second-order valence-electron chi connectivity index (χ2n) is 10.6. The molecule has 9 heteroatoms. The van der Waals surface area contributed by atoms with Crippen LogP contribution in [0.2, 0.25) is 10.0 Å². The number of likely N-dealkylation sites (tertiary alicyclic amines) is 2. The zero-order valence-electron chi connectivity index (χ0n) is 21.8. The van der Waals surface area contributed by atoms with Gasteiger partial charge in [-0.3, -0.25) is 9.59 Å². The first-order valence-electron chi connectivity index (χ1n) is 13.3. The maximum Gasteiger partial charge on any atom is 0.230 e. The van der Waals surface area contributed by atoms with E-state index < -0.39 is 5.60 Å². The van der Waals surface area contributed by atoms with Gasteiger partial charge < -0.3 is 19.8 Å². The summed E-state index contributed by atoms with van der Waals surface area (Å²) in [6.45, 7) is 5.63. The third-order valence-electron chi connectivity index (χ3n) is 7.86. The van der Waals surface area contributed by atoms with Crippen LogP contribution in [-0.2, 0) is 16.0 Å². The normalized spacial score (nSPS) is 18.4. The van der Waals surface area contributed by atoms with Crippen molar-refractivity contribution in [2.24, 2.45) is 5.92 Å². The molecule has 2 heterocycles. The Kier molecular flexibility index (Phi) is 9.69. The van der Waals surface area contributed by atoms with Crippen LogP contribution in [0.25, 0.3) is 0 Å². The molecule has 2 aliphatic heterocycles. The Morgan fingerprint density at radius 3 is 2.29 bits per heavy atom. The minimum atomic E-state index is -0.787. The molecule has 4 rings (SSSR count). The Bertz CT molecular complexity index is 1110. The summed E-state index contributed by atoms with van der Waals surface area (Å²) in [5.74, 6) is -0.316. The number of carbonyl (C=O) groups excluding carboxylic acids is 2. The molecule has 2 aromatic carbocycles. The van der Waals surface area contributed by atoms with Crippen molar-refractivity contribution < 1.29 is 19.1 Å². The lowest BCUT2D eigenvalue weighted by Gasteiger charge is -2.39. The largest absolute Gasteiger partial charge is 0.389 e. The first-order valence-corrected chi connectivity index (χ1v) is 14.1. The van der Waals surface area contributed by atoms with Crippen molar-refractivity contribution in [3.63, 3.8) is 0 Å². The summed E-state index contributed by atoms with van der Waals surface area (Å²) in [7, 11) is 0. The number of aliphatic hydroxyl groups is 1. The molecule has 0 aromatic heterocycles. The summed E-state index contributed by atoms with van der Waals surface area (Å²) in [6, 6.07) is 11.6. The maximum absolute atomic E-state index is 13.6. The number of hydrogen-bond acceptors (Lipinski definition) is 4. The van der Waals surface area contributed by atoms with E-state index in [0.717, 1.165) is 37.3 Å². The van der Waals surface area contributed by atoms with Crippen LogP contribution in [0.3, 0.4) is 0 Å². The molecule has 0 saturated carbocycles. The molecule has 0 bridgehead atoms. The maximum atomic E-state index is 13.6. The fourth-order valence-corrected chi connectivity index (χ4v) is 5.78. The highest BCUT2D eigenvalue weighted by Crippen LogP contribution is 2.31. The van der Waals surface area contributed by atoms with E-state index in [4.69, 9.17) is 23.2 Å². The number of anilines is 1. The zero-order valence-corrected chi connectivity index (χ0v) is 23.4. The first kappa shape index (κ1) is 28.8. The summed E-state index contributed by atoms with van der Waals surface area (Å²) in [5.41, 5.74) is 0.878. The van der Waals surface area contributed by atoms with E-state index in [-0.39, 0.29) is 23.5 Å². The van der Waals surface area contributed by atoms with Crippen molar-refractivity contribution >= 4 is 40.7 Å². The van der Waals surface area contributed by atoms with Gasteiger partial charge in [0.1, 0.15) is 5.82 Å². The van der Waals surface area contributed by atoms with Gasteiger partial charge in [-0.25, -0.2) is 4.39 Å². The van der Waals surface area contributed by atoms with Crippen molar-refractivity contribution in [3.8, 4) is 0 Å². The Labute approximate surface area is 234 Å². The van der Waals surface area contributed by atoms with Crippen LogP contribution in [0.4, 0.5) is 10.1 Å². The highest BCUT2D eigenvalue weighted by atomic mass is 35.5. The number of rotatable bonds is 8. The van der Waals surface area contributed by atoms with Crippen molar-refractivity contribution in [3.05, 3.63) is 63.9 Å². The summed E-state index contributed by atoms with van der Waals surface area (Å²) in [5, 5.41) is 11.9. The summed E-state index contributed by atoms with van der Waals surface area (Å²) in [6.07, 6.45) is 3.88. The number of piperidine rings is 2. The number of hydrogen-bond donors (Lipinski definition) is 1. The fraction of sp³-hybridized carbons (Fsp3) is 0.517. The Morgan fingerprint density at radius 1 is 1.03 bits per heavy atom. The predicted octanol–water partition coefficient (Wildman–Crippen LogP) is 5.18. The van der Waals surface area contributed by atoms with Crippen molar-refractivity contribution in [2.45, 2.75) is 51.0 Å². The molecular weight excluding hydrogens is 528 g/mol. The lowest BCUT2D eigenvalue weighted by Crippen LogP contribution is -2.47. The molecule has 206 valence electrons. The second kappa shape index (κ2) is 12.8. The van der Waals surface area contributed by atoms with E-state index in [9.17, 15) is 19.1 Å². The molecule has 2 aliphatic rings. The van der Waals surface area contributed by atoms with E-state index in [1.807, 2.05) is 11.0 Å². The molecule has 6 nitrogen and oxygen atoms in total. The smallest absolute Gasteiger partial charge is 0.230 e. The molecule has 2 saturated heterocycles. The zero-order chi connectivity index (χ0) is 27.3. The number of amides is 2. The van der Waals surface area contributed by atoms with Gasteiger partial charge in [-0.2, -0.15) is 0 Å². The number of carbonyl (C=O) groups is 2. The minimum Gasteiger partial charge on any atom is -0.389 e. The van der Waals surface area contributed by atoms with E-state index in [1.165, 1.54) is 12.1 Å². The Balaban J connectivity index is 1.33. The average Bonchev–Trinajstić information content (AvgIpc) is 2.90. The van der Waals surface area contributed by atoms with Gasteiger partial charge in [0.05, 0.1) is 15.6 Å². The summed E-state index contributed by atoms with van der Waals surface area (Å²) in [4.78, 5) is 31.2. The third kappa shape index (κ3) is 7.47. The van der Waals surface area contributed by atoms with Gasteiger partial charge in [-0.15, -0.1) is 0 Å². The SMILES string of the molecule is CC(=O)N1CCC(C(=O)N(CCCN2CCC(O)(Cc3ccc(F)cc3)CC2)c2ccc(Cl)c(Cl)c2)CC1. The van der Waals surface area contributed by atoms with Crippen LogP contribution in [0.5, 0.6) is 0 Å². The molecule has 0 aliphatic carbocycles. The van der Waals surface area contributed by atoms with Gasteiger partial charge in [-0.05, 0) is 74.5 Å². The van der Waals surface area contributed by atoms with Crippen molar-refractivity contribution in [1.29, 1.82) is 0 Å². The van der Waals surface area contributed by atoms with Gasteiger partial charge in [0.25, 0.3) is 0 Å². The lowest BCUT2D eigenvalue weighted by molar-refractivity contribution is -0.133. The Hall–Kier alpha value is -2.19. The van der Waals surface area contributed by atoms with Crippen LogP contribution in [-0.4, -0.2) is 71.6 Å². The predicted molar refractivity (Wildman–Crippen MR) is 149 cm³/mol. The van der Waals surface area contributed by atoms with Gasteiger partial charge in [0.15, 0.2) is 0 Å². The molecule has 0 spiro atoms. The van der Waals surface area contributed by atoms with Crippen molar-refractivity contribution in [1.82, 2.24) is 9.80 Å². The second-order valence-corrected chi connectivity index (χ2v) is 11.4. The number of halogens is 3. The van der Waals surface area contributed by atoms with Crippen molar-refractivity contribution in [2.75, 3.05) is 44.2 Å². The lowest BCUT2D eigenvalue weighted by atomic mass is 9.85. The van der Waals surface area contributed by atoms with Gasteiger partial charge in [0, 0.05) is 57.7 Å². The van der Waals surface area contributed by atoms with E-state index in [1.54, 1.807) is 36.1 Å². The fourth-order valence-electron chi connectivity index (χ4n) is 5.49. The highest BCUT2D eigenvalue weighted by molar-refractivity contribution is 6.42. The van der Waals surface area contributed by atoms with Crippen LogP contribution in [0.15, 0.2) is 42.5 Å². The van der Waals surface area contributed by atoms with Crippen LogP contribution < -0.4 is 4.90 Å². The molecule has 2 aromatic rings. The molecule has 1 N–H and O–H groups in total. The van der Waals surface area contributed by atoms with E-state index in [0.29, 0.717) is 61.8 Å². The number of benzene rings is 2. The highest BCUT2D eigenvalue weighted by Gasteiger charge is 2.33. The van der Waals surface area contributed by atoms with E-state index >= 15 is 0 Å². The van der Waals surface area contributed by atoms with Gasteiger partial charge >= 0.3 is 0 Å². The number of nitrogens with zero attached hydrogens (tertiary/aromatic N) is 3. The molecule has 0 radical (unpaired) electrons. The van der Waals surface area contributed by atoms with Crippen LogP contribution >= 0.6 is 23.2 Å². The molecule has 0 atom stereocenters. The average molecular weight is 565 g/mol. The minimum absolute atomic E-state index is 0.0448. The topological polar surface area (TPSA) is 64.1 Å². The molecular formula is C29H36Cl2FN3O3. The van der Waals surface area contributed by atoms with E-state index in [2.05, 4.69) is 4.90 Å². The molecule has 0 unspecified atom stereocenters. The van der Waals surface area contributed by atoms with Gasteiger partial charge in [-0.1, -0.05) is 35.3 Å².